The first-order chi connectivity index (χ1) is 8.05. The minimum atomic E-state index is -0.116. The molecule has 2 fully saturated rings. The highest BCUT2D eigenvalue weighted by atomic mass is 16.2. The van der Waals surface area contributed by atoms with Gasteiger partial charge in [-0.15, -0.1) is 0 Å². The van der Waals surface area contributed by atoms with Gasteiger partial charge in [0, 0.05) is 12.6 Å². The van der Waals surface area contributed by atoms with Gasteiger partial charge in [-0.3, -0.25) is 10.1 Å². The third-order valence-electron chi connectivity index (χ3n) is 4.13. The Kier molecular flexibility index (Phi) is 3.73. The Morgan fingerprint density at radius 3 is 2.65 bits per heavy atom. The van der Waals surface area contributed by atoms with E-state index in [-0.39, 0.29) is 5.54 Å². The van der Waals surface area contributed by atoms with Crippen LogP contribution in [0.5, 0.6) is 0 Å². The van der Waals surface area contributed by atoms with Crippen molar-refractivity contribution in [3.63, 3.8) is 0 Å². The van der Waals surface area contributed by atoms with E-state index in [1.165, 1.54) is 6.42 Å². The first kappa shape index (κ1) is 12.8. The Hall–Kier alpha value is -0.610. The number of carbonyl (C=O) groups excluding carboxylic acids is 1. The molecular formula is C13H25N3O. The highest BCUT2D eigenvalue weighted by Gasteiger charge is 2.55. The normalized spacial score (nSPS) is 22.2. The number of carbonyl (C=O) groups is 1. The average molecular weight is 239 g/mol. The fraction of sp³-hybridized carbons (Fsp3) is 0.923. The molecular weight excluding hydrogens is 214 g/mol. The molecule has 0 bridgehead atoms. The molecule has 1 saturated heterocycles. The van der Waals surface area contributed by atoms with E-state index in [1.54, 1.807) is 0 Å². The summed E-state index contributed by atoms with van der Waals surface area (Å²) >= 11 is 0. The third kappa shape index (κ3) is 2.80. The lowest BCUT2D eigenvalue weighted by molar-refractivity contribution is -0.129. The van der Waals surface area contributed by atoms with E-state index >= 15 is 0 Å². The minimum Gasteiger partial charge on any atom is -0.328 e. The van der Waals surface area contributed by atoms with Crippen molar-refractivity contribution in [2.45, 2.75) is 51.1 Å². The van der Waals surface area contributed by atoms with E-state index in [4.69, 9.17) is 0 Å². The van der Waals surface area contributed by atoms with Crippen molar-refractivity contribution in [1.82, 2.24) is 15.1 Å². The van der Waals surface area contributed by atoms with E-state index in [2.05, 4.69) is 31.1 Å². The lowest BCUT2D eigenvalue weighted by Crippen LogP contribution is -2.33. The van der Waals surface area contributed by atoms with Gasteiger partial charge >= 0.3 is 0 Å². The van der Waals surface area contributed by atoms with Crippen LogP contribution in [0, 0.1) is 0 Å². The Balaban J connectivity index is 1.61. The topological polar surface area (TPSA) is 35.6 Å². The van der Waals surface area contributed by atoms with Gasteiger partial charge in [0.15, 0.2) is 0 Å². The standard InChI is InChI=1S/C13H25N3O/c1-11(2)15(3)8-4-5-9-16-10-14-13(6-7-13)12(16)17/h11,14H,4-10H2,1-3H3. The summed E-state index contributed by atoms with van der Waals surface area (Å²) in [6, 6.07) is 0.611. The maximum atomic E-state index is 12.0. The second-order valence-electron chi connectivity index (χ2n) is 5.77. The second kappa shape index (κ2) is 4.94. The number of hydrogen-bond donors (Lipinski definition) is 1. The molecule has 0 atom stereocenters. The molecule has 0 radical (unpaired) electrons. The van der Waals surface area contributed by atoms with E-state index < -0.39 is 0 Å². The summed E-state index contributed by atoms with van der Waals surface area (Å²) in [5.74, 6) is 0.342. The maximum absolute atomic E-state index is 12.0. The van der Waals surface area contributed by atoms with E-state index in [1.807, 2.05) is 4.90 Å². The predicted molar refractivity (Wildman–Crippen MR) is 68.7 cm³/mol. The molecule has 0 unspecified atom stereocenters. The summed E-state index contributed by atoms with van der Waals surface area (Å²) < 4.78 is 0. The van der Waals surface area contributed by atoms with Crippen LogP contribution in [0.15, 0.2) is 0 Å². The molecule has 1 amide bonds. The van der Waals surface area contributed by atoms with Gasteiger partial charge < -0.3 is 9.80 Å². The number of amides is 1. The quantitative estimate of drug-likeness (QED) is 0.703. The van der Waals surface area contributed by atoms with E-state index in [9.17, 15) is 4.79 Å². The van der Waals surface area contributed by atoms with Crippen LogP contribution >= 0.6 is 0 Å². The van der Waals surface area contributed by atoms with Crippen molar-refractivity contribution in [1.29, 1.82) is 0 Å². The fourth-order valence-corrected chi connectivity index (χ4v) is 2.32. The molecule has 0 aromatic rings. The van der Waals surface area contributed by atoms with Gasteiger partial charge in [-0.2, -0.15) is 0 Å². The molecule has 2 rings (SSSR count). The van der Waals surface area contributed by atoms with Gasteiger partial charge in [0.05, 0.1) is 12.2 Å². The molecule has 1 saturated carbocycles. The molecule has 1 N–H and O–H groups in total. The first-order valence-corrected chi connectivity index (χ1v) is 6.80. The SMILES string of the molecule is CC(C)N(C)CCCCN1CNC2(CC2)C1=O. The van der Waals surface area contributed by atoms with Gasteiger partial charge in [0.1, 0.15) is 0 Å². The monoisotopic (exact) mass is 239 g/mol. The average Bonchev–Trinajstić information content (AvgIpc) is 3.01. The van der Waals surface area contributed by atoms with Crippen LogP contribution in [0.25, 0.3) is 0 Å². The first-order valence-electron chi connectivity index (χ1n) is 6.80. The smallest absolute Gasteiger partial charge is 0.243 e. The van der Waals surface area contributed by atoms with Crippen molar-refractivity contribution in [2.24, 2.45) is 0 Å². The zero-order valence-electron chi connectivity index (χ0n) is 11.3. The van der Waals surface area contributed by atoms with E-state index in [0.29, 0.717) is 11.9 Å². The van der Waals surface area contributed by atoms with Gasteiger partial charge in [-0.05, 0) is 53.1 Å². The highest BCUT2D eigenvalue weighted by Crippen LogP contribution is 2.40. The Morgan fingerprint density at radius 1 is 1.41 bits per heavy atom. The summed E-state index contributed by atoms with van der Waals surface area (Å²) in [6.07, 6.45) is 4.36. The zero-order valence-corrected chi connectivity index (χ0v) is 11.3. The van der Waals surface area contributed by atoms with Crippen molar-refractivity contribution in [2.75, 3.05) is 26.8 Å². The second-order valence-corrected chi connectivity index (χ2v) is 5.77. The summed E-state index contributed by atoms with van der Waals surface area (Å²) in [6.45, 7) is 7.23. The lowest BCUT2D eigenvalue weighted by Gasteiger charge is -2.21. The van der Waals surface area contributed by atoms with Gasteiger partial charge in [0.2, 0.25) is 5.91 Å². The van der Waals surface area contributed by atoms with Crippen LogP contribution in [0.4, 0.5) is 0 Å². The van der Waals surface area contributed by atoms with Crippen LogP contribution in [0.1, 0.15) is 39.5 Å². The Labute approximate surface area is 104 Å². The van der Waals surface area contributed by atoms with Gasteiger partial charge in [-0.25, -0.2) is 0 Å². The molecule has 1 spiro atoms. The van der Waals surface area contributed by atoms with Crippen LogP contribution < -0.4 is 5.32 Å². The fourth-order valence-electron chi connectivity index (χ4n) is 2.32. The van der Waals surface area contributed by atoms with Crippen LogP contribution in [-0.2, 0) is 4.79 Å². The summed E-state index contributed by atoms with van der Waals surface area (Å²) in [5, 5.41) is 3.34. The molecule has 1 heterocycles. The number of hydrogen-bond acceptors (Lipinski definition) is 3. The molecule has 4 heteroatoms. The highest BCUT2D eigenvalue weighted by molar-refractivity contribution is 5.91. The number of rotatable bonds is 6. The van der Waals surface area contributed by atoms with Gasteiger partial charge in [-0.1, -0.05) is 0 Å². The molecule has 1 aliphatic heterocycles. The van der Waals surface area contributed by atoms with Crippen molar-refractivity contribution in [3.05, 3.63) is 0 Å². The molecule has 2 aliphatic rings. The molecule has 17 heavy (non-hydrogen) atoms. The van der Waals surface area contributed by atoms with Crippen molar-refractivity contribution >= 4 is 5.91 Å². The molecule has 4 nitrogen and oxygen atoms in total. The molecule has 0 aromatic carbocycles. The molecule has 1 aliphatic carbocycles. The number of nitrogens with one attached hydrogen (secondary N) is 1. The van der Waals surface area contributed by atoms with E-state index in [0.717, 1.165) is 39.0 Å². The van der Waals surface area contributed by atoms with Gasteiger partial charge in [0.25, 0.3) is 0 Å². The third-order valence-corrected chi connectivity index (χ3v) is 4.13. The molecule has 0 aromatic heterocycles. The molecule has 98 valence electrons. The maximum Gasteiger partial charge on any atom is 0.243 e. The predicted octanol–water partition coefficient (Wildman–Crippen LogP) is 1.03. The summed E-state index contributed by atoms with van der Waals surface area (Å²) in [5.41, 5.74) is -0.116. The Morgan fingerprint density at radius 2 is 2.12 bits per heavy atom. The number of unbranched alkanes of at least 4 members (excludes halogenated alkanes) is 1. The Bertz CT molecular complexity index is 286. The number of nitrogens with zero attached hydrogens (tertiary/aromatic N) is 2. The van der Waals surface area contributed by atoms with Crippen molar-refractivity contribution < 1.29 is 4.79 Å². The van der Waals surface area contributed by atoms with Crippen LogP contribution in [-0.4, -0.2) is 54.1 Å². The van der Waals surface area contributed by atoms with Crippen molar-refractivity contribution in [3.8, 4) is 0 Å². The summed E-state index contributed by atoms with van der Waals surface area (Å²) in [7, 11) is 2.16. The zero-order chi connectivity index (χ0) is 12.5. The minimum absolute atomic E-state index is 0.116. The van der Waals surface area contributed by atoms with Crippen LogP contribution in [0.2, 0.25) is 0 Å². The summed E-state index contributed by atoms with van der Waals surface area (Å²) in [4.78, 5) is 16.3. The largest absolute Gasteiger partial charge is 0.328 e. The van der Waals surface area contributed by atoms with Crippen LogP contribution in [0.3, 0.4) is 0 Å². The lowest BCUT2D eigenvalue weighted by atomic mass is 10.2.